The van der Waals surface area contributed by atoms with Crippen LogP contribution >= 0.6 is 24.0 Å². The Hall–Kier alpha value is -1.30. The van der Waals surface area contributed by atoms with Gasteiger partial charge in [-0.05, 0) is 52.1 Å². The van der Waals surface area contributed by atoms with Crippen molar-refractivity contribution in [1.29, 1.82) is 0 Å². The van der Waals surface area contributed by atoms with Crippen LogP contribution in [0.2, 0.25) is 5.02 Å². The molecular formula is C16H25Cl2N3O2. The number of nitrogens with zero attached hydrogens (tertiary/aromatic N) is 1. The van der Waals surface area contributed by atoms with Crippen LogP contribution in [0.5, 0.6) is 0 Å². The second-order valence-electron chi connectivity index (χ2n) is 4.93. The first-order chi connectivity index (χ1) is 10.5. The molecule has 23 heavy (non-hydrogen) atoms. The summed E-state index contributed by atoms with van der Waals surface area (Å²) in [6.45, 7) is 5.92. The molecule has 1 rings (SSSR count). The average Bonchev–Trinajstić information content (AvgIpc) is 2.48. The summed E-state index contributed by atoms with van der Waals surface area (Å²) in [6.07, 6.45) is 1.22. The number of carbonyl (C=O) groups excluding carboxylic acids is 2. The van der Waals surface area contributed by atoms with Crippen LogP contribution in [0.25, 0.3) is 0 Å². The van der Waals surface area contributed by atoms with Crippen LogP contribution in [-0.4, -0.2) is 43.4 Å². The number of carbonyl (C=O) groups is 2. The minimum atomic E-state index is -0.0955. The quantitative estimate of drug-likeness (QED) is 0.699. The molecule has 2 amide bonds. The van der Waals surface area contributed by atoms with Crippen LogP contribution < -0.4 is 10.6 Å². The third kappa shape index (κ3) is 6.77. The van der Waals surface area contributed by atoms with E-state index in [1.807, 2.05) is 20.9 Å². The van der Waals surface area contributed by atoms with Crippen LogP contribution in [0.15, 0.2) is 18.2 Å². The van der Waals surface area contributed by atoms with E-state index in [0.29, 0.717) is 35.8 Å². The molecule has 2 N–H and O–H groups in total. The number of anilines is 1. The number of benzene rings is 1. The molecule has 0 atom stereocenters. The molecule has 5 nitrogen and oxygen atoms in total. The molecule has 7 heteroatoms. The summed E-state index contributed by atoms with van der Waals surface area (Å²) >= 11 is 6.18. The SMILES string of the molecule is CCN(CC)C(=O)c1ccc(NC(=O)CCCNC)cc1Cl.Cl. The standard InChI is InChI=1S/C16H24ClN3O2.ClH/c1-4-20(5-2)16(22)13-9-8-12(11-14(13)17)19-15(21)7-6-10-18-3;/h8-9,11,18H,4-7,10H2,1-3H3,(H,19,21);1H. The zero-order valence-corrected chi connectivity index (χ0v) is 15.4. The Morgan fingerprint density at radius 3 is 2.39 bits per heavy atom. The molecule has 0 aliphatic rings. The topological polar surface area (TPSA) is 61.4 Å². The largest absolute Gasteiger partial charge is 0.339 e. The molecule has 0 heterocycles. The summed E-state index contributed by atoms with van der Waals surface area (Å²) in [5.41, 5.74) is 1.06. The Bertz CT molecular complexity index is 520. The van der Waals surface area contributed by atoms with Gasteiger partial charge < -0.3 is 15.5 Å². The molecule has 0 bridgehead atoms. The van der Waals surface area contributed by atoms with Crippen LogP contribution in [0.4, 0.5) is 5.69 Å². The van der Waals surface area contributed by atoms with Gasteiger partial charge in [0.25, 0.3) is 5.91 Å². The van der Waals surface area contributed by atoms with Crippen molar-refractivity contribution in [2.75, 3.05) is 32.0 Å². The average molecular weight is 362 g/mol. The van der Waals surface area contributed by atoms with Crippen molar-refractivity contribution in [3.05, 3.63) is 28.8 Å². The number of hydrogen-bond donors (Lipinski definition) is 2. The first-order valence-electron chi connectivity index (χ1n) is 7.56. The van der Waals surface area contributed by atoms with Crippen molar-refractivity contribution in [3.8, 4) is 0 Å². The highest BCUT2D eigenvalue weighted by molar-refractivity contribution is 6.34. The summed E-state index contributed by atoms with van der Waals surface area (Å²) in [5.74, 6) is -0.156. The Kier molecular flexibility index (Phi) is 10.6. The van der Waals surface area contributed by atoms with Crippen molar-refractivity contribution in [2.45, 2.75) is 26.7 Å². The zero-order chi connectivity index (χ0) is 16.5. The van der Waals surface area contributed by atoms with Gasteiger partial charge >= 0.3 is 0 Å². The van der Waals surface area contributed by atoms with Crippen molar-refractivity contribution in [1.82, 2.24) is 10.2 Å². The third-order valence-corrected chi connectivity index (χ3v) is 3.68. The lowest BCUT2D eigenvalue weighted by atomic mass is 10.1. The lowest BCUT2D eigenvalue weighted by Gasteiger charge is -2.19. The second-order valence-corrected chi connectivity index (χ2v) is 5.33. The van der Waals surface area contributed by atoms with E-state index in [-0.39, 0.29) is 24.2 Å². The first-order valence-corrected chi connectivity index (χ1v) is 7.94. The summed E-state index contributed by atoms with van der Waals surface area (Å²) in [7, 11) is 1.85. The van der Waals surface area contributed by atoms with E-state index >= 15 is 0 Å². The minimum Gasteiger partial charge on any atom is -0.339 e. The maximum Gasteiger partial charge on any atom is 0.255 e. The molecule has 0 saturated carbocycles. The van der Waals surface area contributed by atoms with Gasteiger partial charge in [0.15, 0.2) is 0 Å². The Labute approximate surface area is 149 Å². The number of hydrogen-bond acceptors (Lipinski definition) is 3. The van der Waals surface area contributed by atoms with Gasteiger partial charge in [0.05, 0.1) is 10.6 Å². The van der Waals surface area contributed by atoms with E-state index in [1.54, 1.807) is 23.1 Å². The highest BCUT2D eigenvalue weighted by Gasteiger charge is 2.16. The minimum absolute atomic E-state index is 0. The smallest absolute Gasteiger partial charge is 0.255 e. The normalized spacial score (nSPS) is 9.91. The highest BCUT2D eigenvalue weighted by atomic mass is 35.5. The molecule has 1 aromatic rings. The number of nitrogens with one attached hydrogen (secondary N) is 2. The number of rotatable bonds is 8. The van der Waals surface area contributed by atoms with Crippen molar-refractivity contribution >= 4 is 41.5 Å². The molecule has 0 radical (unpaired) electrons. The number of amides is 2. The third-order valence-electron chi connectivity index (χ3n) is 3.36. The Morgan fingerprint density at radius 2 is 1.87 bits per heavy atom. The predicted molar refractivity (Wildman–Crippen MR) is 97.7 cm³/mol. The molecule has 0 aliphatic carbocycles. The van der Waals surface area contributed by atoms with Crippen LogP contribution in [-0.2, 0) is 4.79 Å². The van der Waals surface area contributed by atoms with Gasteiger partial charge in [0.1, 0.15) is 0 Å². The van der Waals surface area contributed by atoms with Crippen LogP contribution in [0.1, 0.15) is 37.0 Å². The molecule has 130 valence electrons. The summed E-state index contributed by atoms with van der Waals surface area (Å²) in [4.78, 5) is 25.7. The van der Waals surface area contributed by atoms with E-state index in [0.717, 1.165) is 13.0 Å². The van der Waals surface area contributed by atoms with Gasteiger partial charge in [-0.15, -0.1) is 12.4 Å². The molecule has 0 spiro atoms. The fourth-order valence-corrected chi connectivity index (χ4v) is 2.36. The summed E-state index contributed by atoms with van der Waals surface area (Å²) in [5, 5.41) is 6.14. The lowest BCUT2D eigenvalue weighted by Crippen LogP contribution is -2.30. The van der Waals surface area contributed by atoms with E-state index in [4.69, 9.17) is 11.6 Å². The van der Waals surface area contributed by atoms with Gasteiger partial charge in [-0.3, -0.25) is 9.59 Å². The first kappa shape index (κ1) is 21.7. The molecule has 0 fully saturated rings. The van der Waals surface area contributed by atoms with Crippen molar-refractivity contribution < 1.29 is 9.59 Å². The molecule has 0 unspecified atom stereocenters. The molecule has 1 aromatic carbocycles. The predicted octanol–water partition coefficient (Wildman–Crippen LogP) is 3.18. The summed E-state index contributed by atoms with van der Waals surface area (Å²) in [6, 6.07) is 4.99. The van der Waals surface area contributed by atoms with E-state index in [1.165, 1.54) is 0 Å². The van der Waals surface area contributed by atoms with Crippen LogP contribution in [0, 0.1) is 0 Å². The van der Waals surface area contributed by atoms with Crippen molar-refractivity contribution in [3.63, 3.8) is 0 Å². The Balaban J connectivity index is 0.00000484. The Morgan fingerprint density at radius 1 is 1.22 bits per heavy atom. The maximum absolute atomic E-state index is 12.3. The monoisotopic (exact) mass is 361 g/mol. The van der Waals surface area contributed by atoms with Gasteiger partial charge in [-0.25, -0.2) is 0 Å². The lowest BCUT2D eigenvalue weighted by molar-refractivity contribution is -0.116. The van der Waals surface area contributed by atoms with Gasteiger partial charge in [-0.1, -0.05) is 11.6 Å². The molecule has 0 saturated heterocycles. The van der Waals surface area contributed by atoms with Crippen LogP contribution in [0.3, 0.4) is 0 Å². The van der Waals surface area contributed by atoms with E-state index in [2.05, 4.69) is 10.6 Å². The number of halogens is 2. The fourth-order valence-electron chi connectivity index (χ4n) is 2.10. The maximum atomic E-state index is 12.3. The van der Waals surface area contributed by atoms with Gasteiger partial charge in [-0.2, -0.15) is 0 Å². The zero-order valence-electron chi connectivity index (χ0n) is 13.8. The second kappa shape index (κ2) is 11.3. The van der Waals surface area contributed by atoms with Gasteiger partial charge in [0.2, 0.25) is 5.91 Å². The highest BCUT2D eigenvalue weighted by Crippen LogP contribution is 2.22. The van der Waals surface area contributed by atoms with Gasteiger partial charge in [0, 0.05) is 25.2 Å². The fraction of sp³-hybridized carbons (Fsp3) is 0.500. The van der Waals surface area contributed by atoms with E-state index in [9.17, 15) is 9.59 Å². The van der Waals surface area contributed by atoms with E-state index < -0.39 is 0 Å². The molecule has 0 aliphatic heterocycles. The molecular weight excluding hydrogens is 337 g/mol. The van der Waals surface area contributed by atoms with Crippen molar-refractivity contribution in [2.24, 2.45) is 0 Å². The molecule has 0 aromatic heterocycles. The summed E-state index contributed by atoms with van der Waals surface area (Å²) < 4.78 is 0.